The van der Waals surface area contributed by atoms with E-state index >= 15 is 0 Å². The molecule has 26 heavy (non-hydrogen) atoms. The van der Waals surface area contributed by atoms with Crippen molar-refractivity contribution < 1.29 is 23.7 Å². The number of likely N-dealkylation sites (N-methyl/N-ethyl adjacent to an activating group) is 1. The Kier molecular flexibility index (Phi) is 7.14. The molecule has 140 valence electrons. The summed E-state index contributed by atoms with van der Waals surface area (Å²) in [6.07, 6.45) is 0. The van der Waals surface area contributed by atoms with Gasteiger partial charge in [0.25, 0.3) is 5.91 Å². The molecule has 0 heterocycles. The molecule has 2 rings (SSSR count). The summed E-state index contributed by atoms with van der Waals surface area (Å²) in [5.74, 6) is 2.34. The lowest BCUT2D eigenvalue weighted by molar-refractivity contribution is -0.133. The Bertz CT molecular complexity index is 732. The third kappa shape index (κ3) is 4.81. The molecule has 0 aromatic heterocycles. The molecule has 0 saturated heterocycles. The Labute approximate surface area is 154 Å². The SMILES string of the molecule is CCN(Cc1ccc(OC)c(OC)c1)C(=O)COc1ccccc1OC. The first kappa shape index (κ1) is 19.4. The number of rotatable bonds is 9. The van der Waals surface area contributed by atoms with Gasteiger partial charge in [0.1, 0.15) is 0 Å². The predicted molar refractivity (Wildman–Crippen MR) is 99.1 cm³/mol. The maximum atomic E-state index is 12.5. The highest BCUT2D eigenvalue weighted by Crippen LogP contribution is 2.28. The summed E-state index contributed by atoms with van der Waals surface area (Å²) in [6, 6.07) is 12.9. The number of nitrogens with zero attached hydrogens (tertiary/aromatic N) is 1. The fraction of sp³-hybridized carbons (Fsp3) is 0.350. The van der Waals surface area contributed by atoms with Crippen LogP contribution in [0.5, 0.6) is 23.0 Å². The second kappa shape index (κ2) is 9.56. The highest BCUT2D eigenvalue weighted by molar-refractivity contribution is 5.77. The van der Waals surface area contributed by atoms with E-state index in [1.165, 1.54) is 0 Å². The van der Waals surface area contributed by atoms with Crippen molar-refractivity contribution in [2.24, 2.45) is 0 Å². The minimum atomic E-state index is -0.104. The number of benzene rings is 2. The third-order valence-corrected chi connectivity index (χ3v) is 3.98. The van der Waals surface area contributed by atoms with Crippen LogP contribution in [-0.2, 0) is 11.3 Å². The molecule has 0 fully saturated rings. The largest absolute Gasteiger partial charge is 0.493 e. The normalized spacial score (nSPS) is 10.2. The molecule has 6 nitrogen and oxygen atoms in total. The standard InChI is InChI=1S/C20H25NO5/c1-5-21(13-15-10-11-17(24-3)19(12-15)25-4)20(22)14-26-18-9-7-6-8-16(18)23-2/h6-12H,5,13-14H2,1-4H3. The molecule has 1 amide bonds. The van der Waals surface area contributed by atoms with E-state index in [2.05, 4.69) is 0 Å². The molecule has 0 saturated carbocycles. The van der Waals surface area contributed by atoms with Crippen LogP contribution in [0.3, 0.4) is 0 Å². The Morgan fingerprint density at radius 3 is 2.12 bits per heavy atom. The van der Waals surface area contributed by atoms with Gasteiger partial charge >= 0.3 is 0 Å². The van der Waals surface area contributed by atoms with Crippen LogP contribution in [-0.4, -0.2) is 45.3 Å². The molecule has 0 aliphatic heterocycles. The molecule has 0 N–H and O–H groups in total. The van der Waals surface area contributed by atoms with Crippen molar-refractivity contribution >= 4 is 5.91 Å². The van der Waals surface area contributed by atoms with Gasteiger partial charge in [-0.2, -0.15) is 0 Å². The zero-order chi connectivity index (χ0) is 18.9. The second-order valence-electron chi connectivity index (χ2n) is 5.54. The lowest BCUT2D eigenvalue weighted by Crippen LogP contribution is -2.34. The number of amides is 1. The van der Waals surface area contributed by atoms with Crippen molar-refractivity contribution in [1.82, 2.24) is 4.90 Å². The van der Waals surface area contributed by atoms with E-state index < -0.39 is 0 Å². The summed E-state index contributed by atoms with van der Waals surface area (Å²) in [5.41, 5.74) is 0.954. The molecule has 0 aliphatic carbocycles. The Balaban J connectivity index is 2.02. The van der Waals surface area contributed by atoms with E-state index in [4.69, 9.17) is 18.9 Å². The van der Waals surface area contributed by atoms with Crippen molar-refractivity contribution in [1.29, 1.82) is 0 Å². The molecule has 0 spiro atoms. The van der Waals surface area contributed by atoms with Gasteiger partial charge in [-0.15, -0.1) is 0 Å². The van der Waals surface area contributed by atoms with Crippen LogP contribution >= 0.6 is 0 Å². The van der Waals surface area contributed by atoms with Crippen molar-refractivity contribution in [3.63, 3.8) is 0 Å². The lowest BCUT2D eigenvalue weighted by atomic mass is 10.2. The van der Waals surface area contributed by atoms with E-state index in [0.717, 1.165) is 5.56 Å². The number of para-hydroxylation sites is 2. The van der Waals surface area contributed by atoms with Gasteiger partial charge in [-0.1, -0.05) is 18.2 Å². The number of methoxy groups -OCH3 is 3. The molecular weight excluding hydrogens is 334 g/mol. The molecule has 2 aromatic carbocycles. The summed E-state index contributed by atoms with van der Waals surface area (Å²) in [6.45, 7) is 2.91. The molecule has 0 unspecified atom stereocenters. The van der Waals surface area contributed by atoms with Crippen molar-refractivity contribution in [3.8, 4) is 23.0 Å². The van der Waals surface area contributed by atoms with Gasteiger partial charge in [-0.05, 0) is 36.8 Å². The number of carbonyl (C=O) groups is 1. The predicted octanol–water partition coefficient (Wildman–Crippen LogP) is 3.14. The van der Waals surface area contributed by atoms with Crippen LogP contribution in [0.4, 0.5) is 0 Å². The van der Waals surface area contributed by atoms with Crippen molar-refractivity contribution in [2.75, 3.05) is 34.5 Å². The van der Waals surface area contributed by atoms with Gasteiger partial charge in [0, 0.05) is 13.1 Å². The Morgan fingerprint density at radius 2 is 1.50 bits per heavy atom. The Hall–Kier alpha value is -2.89. The van der Waals surface area contributed by atoms with Gasteiger partial charge in [0.05, 0.1) is 21.3 Å². The first-order valence-corrected chi connectivity index (χ1v) is 8.37. The highest BCUT2D eigenvalue weighted by atomic mass is 16.5. The van der Waals surface area contributed by atoms with Crippen LogP contribution in [0.25, 0.3) is 0 Å². The fourth-order valence-corrected chi connectivity index (χ4v) is 2.54. The Morgan fingerprint density at radius 1 is 0.885 bits per heavy atom. The average molecular weight is 359 g/mol. The molecular formula is C20H25NO5. The van der Waals surface area contributed by atoms with E-state index in [0.29, 0.717) is 36.1 Å². The third-order valence-electron chi connectivity index (χ3n) is 3.98. The topological polar surface area (TPSA) is 57.2 Å². The summed E-state index contributed by atoms with van der Waals surface area (Å²) in [4.78, 5) is 14.3. The van der Waals surface area contributed by atoms with Gasteiger partial charge in [0.15, 0.2) is 29.6 Å². The molecule has 0 atom stereocenters. The molecule has 6 heteroatoms. The first-order valence-electron chi connectivity index (χ1n) is 8.37. The van der Waals surface area contributed by atoms with E-state index in [1.807, 2.05) is 37.3 Å². The number of hydrogen-bond acceptors (Lipinski definition) is 5. The monoisotopic (exact) mass is 359 g/mol. The molecule has 0 radical (unpaired) electrons. The summed E-state index contributed by atoms with van der Waals surface area (Å²) in [7, 11) is 4.75. The van der Waals surface area contributed by atoms with Crippen LogP contribution < -0.4 is 18.9 Å². The van der Waals surface area contributed by atoms with Crippen molar-refractivity contribution in [3.05, 3.63) is 48.0 Å². The molecule has 2 aromatic rings. The van der Waals surface area contributed by atoms with Gasteiger partial charge in [0.2, 0.25) is 0 Å². The van der Waals surface area contributed by atoms with Gasteiger partial charge in [-0.25, -0.2) is 0 Å². The summed E-state index contributed by atoms with van der Waals surface area (Å²) in [5, 5.41) is 0. The molecule has 0 bridgehead atoms. The van der Waals surface area contributed by atoms with Crippen LogP contribution in [0.1, 0.15) is 12.5 Å². The van der Waals surface area contributed by atoms with E-state index in [1.54, 1.807) is 38.4 Å². The lowest BCUT2D eigenvalue weighted by Gasteiger charge is -2.22. The smallest absolute Gasteiger partial charge is 0.260 e. The zero-order valence-corrected chi connectivity index (χ0v) is 15.7. The van der Waals surface area contributed by atoms with E-state index in [-0.39, 0.29) is 12.5 Å². The molecule has 0 aliphatic rings. The zero-order valence-electron chi connectivity index (χ0n) is 15.7. The summed E-state index contributed by atoms with van der Waals surface area (Å²) >= 11 is 0. The van der Waals surface area contributed by atoms with Gasteiger partial charge < -0.3 is 23.8 Å². The number of ether oxygens (including phenoxy) is 4. The van der Waals surface area contributed by atoms with Crippen LogP contribution in [0.15, 0.2) is 42.5 Å². The average Bonchev–Trinajstić information content (AvgIpc) is 2.70. The second-order valence-corrected chi connectivity index (χ2v) is 5.54. The van der Waals surface area contributed by atoms with Crippen LogP contribution in [0, 0.1) is 0 Å². The van der Waals surface area contributed by atoms with Crippen molar-refractivity contribution in [2.45, 2.75) is 13.5 Å². The number of carbonyl (C=O) groups excluding carboxylic acids is 1. The summed E-state index contributed by atoms with van der Waals surface area (Å²) < 4.78 is 21.4. The van der Waals surface area contributed by atoms with Crippen LogP contribution in [0.2, 0.25) is 0 Å². The quantitative estimate of drug-likeness (QED) is 0.688. The first-order chi connectivity index (χ1) is 12.6. The minimum Gasteiger partial charge on any atom is -0.493 e. The maximum absolute atomic E-state index is 12.5. The number of hydrogen-bond donors (Lipinski definition) is 0. The fourth-order valence-electron chi connectivity index (χ4n) is 2.54. The highest BCUT2D eigenvalue weighted by Gasteiger charge is 2.15. The maximum Gasteiger partial charge on any atom is 0.260 e. The minimum absolute atomic E-state index is 0.0541. The van der Waals surface area contributed by atoms with E-state index in [9.17, 15) is 4.79 Å². The van der Waals surface area contributed by atoms with Gasteiger partial charge in [-0.3, -0.25) is 4.79 Å².